The number of esters is 1. The van der Waals surface area contributed by atoms with Gasteiger partial charge in [0.25, 0.3) is 0 Å². The van der Waals surface area contributed by atoms with Crippen LogP contribution in [-0.4, -0.2) is 29.0 Å². The molecule has 0 amide bonds. The second kappa shape index (κ2) is 6.56. The van der Waals surface area contributed by atoms with E-state index in [0.717, 1.165) is 5.69 Å². The van der Waals surface area contributed by atoms with E-state index in [1.54, 1.807) is 11.6 Å². The van der Waals surface area contributed by atoms with Crippen molar-refractivity contribution in [1.29, 1.82) is 0 Å². The van der Waals surface area contributed by atoms with Crippen LogP contribution in [0.2, 0.25) is 0 Å². The highest BCUT2D eigenvalue weighted by atomic mass is 79.9. The van der Waals surface area contributed by atoms with Gasteiger partial charge in [0.2, 0.25) is 5.88 Å². The van der Waals surface area contributed by atoms with E-state index in [4.69, 9.17) is 9.47 Å². The first-order chi connectivity index (χ1) is 9.69. The highest BCUT2D eigenvalue weighted by Gasteiger charge is 2.25. The van der Waals surface area contributed by atoms with Gasteiger partial charge in [-0.05, 0) is 41.9 Å². The average molecular weight is 339 g/mol. The van der Waals surface area contributed by atoms with Gasteiger partial charge >= 0.3 is 5.97 Å². The van der Waals surface area contributed by atoms with Gasteiger partial charge in [-0.15, -0.1) is 0 Å². The molecule has 1 aromatic carbocycles. The van der Waals surface area contributed by atoms with Crippen LogP contribution in [0.5, 0.6) is 5.88 Å². The molecule has 6 heteroatoms. The molecule has 5 nitrogen and oxygen atoms in total. The van der Waals surface area contributed by atoms with Crippen molar-refractivity contribution in [3.63, 3.8) is 0 Å². The van der Waals surface area contributed by atoms with Crippen LogP contribution in [0.15, 0.2) is 34.9 Å². The van der Waals surface area contributed by atoms with Gasteiger partial charge in [0.1, 0.15) is 4.60 Å². The normalized spacial score (nSPS) is 10.3. The fraction of sp³-hybridized carbons (Fsp3) is 0.286. The van der Waals surface area contributed by atoms with Crippen molar-refractivity contribution in [3.05, 3.63) is 40.5 Å². The van der Waals surface area contributed by atoms with Crippen LogP contribution < -0.4 is 4.74 Å². The van der Waals surface area contributed by atoms with Crippen molar-refractivity contribution in [2.45, 2.75) is 13.8 Å². The van der Waals surface area contributed by atoms with Crippen LogP contribution in [0.1, 0.15) is 24.2 Å². The molecule has 0 aliphatic rings. The lowest BCUT2D eigenvalue weighted by molar-refractivity contribution is 0.0520. The Labute approximate surface area is 125 Å². The van der Waals surface area contributed by atoms with Crippen LogP contribution in [0.4, 0.5) is 0 Å². The second-order valence-electron chi connectivity index (χ2n) is 3.87. The van der Waals surface area contributed by atoms with E-state index >= 15 is 0 Å². The van der Waals surface area contributed by atoms with E-state index in [1.165, 1.54) is 0 Å². The summed E-state index contributed by atoms with van der Waals surface area (Å²) < 4.78 is 12.6. The van der Waals surface area contributed by atoms with Crippen LogP contribution in [0.3, 0.4) is 0 Å². The summed E-state index contributed by atoms with van der Waals surface area (Å²) in [5, 5.41) is 4.31. The Kier molecular flexibility index (Phi) is 4.79. The van der Waals surface area contributed by atoms with E-state index in [-0.39, 0.29) is 0 Å². The Morgan fingerprint density at radius 2 is 1.95 bits per heavy atom. The van der Waals surface area contributed by atoms with Gasteiger partial charge in [-0.25, -0.2) is 4.79 Å². The second-order valence-corrected chi connectivity index (χ2v) is 4.62. The first-order valence-electron chi connectivity index (χ1n) is 6.32. The molecular weight excluding hydrogens is 324 g/mol. The van der Waals surface area contributed by atoms with Crippen molar-refractivity contribution < 1.29 is 14.3 Å². The van der Waals surface area contributed by atoms with E-state index in [2.05, 4.69) is 21.0 Å². The number of halogens is 1. The summed E-state index contributed by atoms with van der Waals surface area (Å²) >= 11 is 3.29. The molecule has 0 N–H and O–H groups in total. The molecule has 106 valence electrons. The number of hydrogen-bond acceptors (Lipinski definition) is 4. The maximum atomic E-state index is 12.0. The molecule has 2 rings (SSSR count). The zero-order chi connectivity index (χ0) is 14.5. The molecule has 0 fully saturated rings. The zero-order valence-corrected chi connectivity index (χ0v) is 12.9. The van der Waals surface area contributed by atoms with E-state index in [0.29, 0.717) is 29.3 Å². The molecule has 0 aliphatic heterocycles. The zero-order valence-electron chi connectivity index (χ0n) is 11.3. The van der Waals surface area contributed by atoms with E-state index < -0.39 is 5.97 Å². The van der Waals surface area contributed by atoms with Gasteiger partial charge in [-0.1, -0.05) is 18.2 Å². The smallest absolute Gasteiger partial charge is 0.346 e. The molecule has 0 spiro atoms. The summed E-state index contributed by atoms with van der Waals surface area (Å²) in [6, 6.07) is 9.47. The van der Waals surface area contributed by atoms with Crippen molar-refractivity contribution in [3.8, 4) is 11.6 Å². The van der Waals surface area contributed by atoms with Crippen LogP contribution >= 0.6 is 15.9 Å². The number of rotatable bonds is 5. The maximum Gasteiger partial charge on any atom is 0.346 e. The summed E-state index contributed by atoms with van der Waals surface area (Å²) in [6.07, 6.45) is 0. The van der Waals surface area contributed by atoms with Crippen molar-refractivity contribution >= 4 is 21.9 Å². The number of aromatic nitrogens is 2. The summed E-state index contributed by atoms with van der Waals surface area (Å²) in [5.41, 5.74) is 1.12. The Morgan fingerprint density at radius 1 is 1.25 bits per heavy atom. The minimum Gasteiger partial charge on any atom is -0.477 e. The Bertz CT molecular complexity index is 596. The third kappa shape index (κ3) is 2.85. The molecule has 1 heterocycles. The minimum atomic E-state index is -0.454. The number of para-hydroxylation sites is 1. The molecule has 20 heavy (non-hydrogen) atoms. The summed E-state index contributed by atoms with van der Waals surface area (Å²) in [4.78, 5) is 12.0. The van der Waals surface area contributed by atoms with Crippen molar-refractivity contribution in [2.24, 2.45) is 0 Å². The molecular formula is C14H15BrN2O3. The summed E-state index contributed by atoms with van der Waals surface area (Å²) in [7, 11) is 0. The first kappa shape index (κ1) is 14.6. The third-order valence-corrected chi connectivity index (χ3v) is 3.12. The van der Waals surface area contributed by atoms with Gasteiger partial charge in [0.15, 0.2) is 5.56 Å². The fourth-order valence-corrected chi connectivity index (χ4v) is 2.26. The monoisotopic (exact) mass is 338 g/mol. The largest absolute Gasteiger partial charge is 0.477 e. The Balaban J connectivity index is 2.53. The number of benzene rings is 1. The summed E-state index contributed by atoms with van der Waals surface area (Å²) in [5.74, 6) is -0.0750. The topological polar surface area (TPSA) is 53.3 Å². The standard InChI is InChI=1S/C14H15BrN2O3/c1-3-19-13-11(14(18)20-4-2)12(15)16-17(13)10-8-6-5-7-9-10/h5-9H,3-4H2,1-2H3. The molecule has 2 aromatic rings. The van der Waals surface area contributed by atoms with Crippen LogP contribution in [0.25, 0.3) is 5.69 Å². The highest BCUT2D eigenvalue weighted by Crippen LogP contribution is 2.30. The SMILES string of the molecule is CCOC(=O)c1c(Br)nn(-c2ccccc2)c1OCC. The predicted molar refractivity (Wildman–Crippen MR) is 78.4 cm³/mol. The molecule has 0 saturated carbocycles. The number of carbonyl (C=O) groups is 1. The van der Waals surface area contributed by atoms with E-state index in [9.17, 15) is 4.79 Å². The number of ether oxygens (including phenoxy) is 2. The van der Waals surface area contributed by atoms with Gasteiger partial charge in [0, 0.05) is 0 Å². The van der Waals surface area contributed by atoms with Gasteiger partial charge in [0.05, 0.1) is 18.9 Å². The lowest BCUT2D eigenvalue weighted by Crippen LogP contribution is -2.09. The summed E-state index contributed by atoms with van der Waals surface area (Å²) in [6.45, 7) is 4.34. The number of carbonyl (C=O) groups excluding carboxylic acids is 1. The first-order valence-corrected chi connectivity index (χ1v) is 7.12. The quantitative estimate of drug-likeness (QED) is 0.785. The van der Waals surface area contributed by atoms with E-state index in [1.807, 2.05) is 37.3 Å². The molecule has 0 atom stereocenters. The van der Waals surface area contributed by atoms with Gasteiger partial charge in [-0.3, -0.25) is 0 Å². The molecule has 0 aliphatic carbocycles. The fourth-order valence-electron chi connectivity index (χ4n) is 1.77. The third-order valence-electron chi connectivity index (χ3n) is 2.56. The van der Waals surface area contributed by atoms with Crippen LogP contribution in [0, 0.1) is 0 Å². The van der Waals surface area contributed by atoms with Crippen molar-refractivity contribution in [1.82, 2.24) is 9.78 Å². The Hall–Kier alpha value is -1.82. The number of nitrogens with zero attached hydrogens (tertiary/aromatic N) is 2. The molecule has 1 aromatic heterocycles. The molecule has 0 radical (unpaired) electrons. The molecule has 0 saturated heterocycles. The Morgan fingerprint density at radius 3 is 2.55 bits per heavy atom. The maximum absolute atomic E-state index is 12.0. The lowest BCUT2D eigenvalue weighted by atomic mass is 10.3. The highest BCUT2D eigenvalue weighted by molar-refractivity contribution is 9.10. The minimum absolute atomic E-state index is 0.299. The number of hydrogen-bond donors (Lipinski definition) is 0. The van der Waals surface area contributed by atoms with Gasteiger partial charge in [-0.2, -0.15) is 9.78 Å². The lowest BCUT2D eigenvalue weighted by Gasteiger charge is -2.09. The van der Waals surface area contributed by atoms with Gasteiger partial charge < -0.3 is 9.47 Å². The molecule has 0 unspecified atom stereocenters. The average Bonchev–Trinajstić information content (AvgIpc) is 2.77. The van der Waals surface area contributed by atoms with Crippen LogP contribution in [-0.2, 0) is 4.74 Å². The van der Waals surface area contributed by atoms with Crippen molar-refractivity contribution in [2.75, 3.05) is 13.2 Å². The molecule has 0 bridgehead atoms. The predicted octanol–water partition coefficient (Wildman–Crippen LogP) is 3.21.